The molecule has 3 N–H and O–H groups in total. The summed E-state index contributed by atoms with van der Waals surface area (Å²) >= 11 is 0. The van der Waals surface area contributed by atoms with E-state index in [1.54, 1.807) is 0 Å². The second-order valence-electron chi connectivity index (χ2n) is 3.94. The Kier molecular flexibility index (Phi) is 3.69. The van der Waals surface area contributed by atoms with Gasteiger partial charge in [0.2, 0.25) is 5.89 Å². The van der Waals surface area contributed by atoms with Crippen molar-refractivity contribution in [1.29, 1.82) is 0 Å². The van der Waals surface area contributed by atoms with Crippen LogP contribution in [0.5, 0.6) is 0 Å². The molecule has 1 atom stereocenters. The maximum atomic E-state index is 5.42. The Labute approximate surface area is 89.4 Å². The van der Waals surface area contributed by atoms with Crippen molar-refractivity contribution in [3.63, 3.8) is 0 Å². The van der Waals surface area contributed by atoms with Gasteiger partial charge in [0.05, 0.1) is 6.04 Å². The second-order valence-corrected chi connectivity index (χ2v) is 3.94. The largest absolute Gasteiger partial charge is 0.339 e. The summed E-state index contributed by atoms with van der Waals surface area (Å²) in [6, 6.07) is 0.286. The van der Waals surface area contributed by atoms with Gasteiger partial charge in [-0.15, -0.1) is 0 Å². The molecule has 5 heteroatoms. The quantitative estimate of drug-likeness (QED) is 0.767. The first kappa shape index (κ1) is 10.6. The molecule has 1 aliphatic rings. The number of hydrogen-bond acceptors (Lipinski definition) is 5. The van der Waals surface area contributed by atoms with Crippen molar-refractivity contribution in [2.45, 2.75) is 38.1 Å². The van der Waals surface area contributed by atoms with Gasteiger partial charge in [-0.3, -0.25) is 0 Å². The predicted molar refractivity (Wildman–Crippen MR) is 56.3 cm³/mol. The van der Waals surface area contributed by atoms with Gasteiger partial charge in [0.25, 0.3) is 0 Å². The molecule has 0 aromatic carbocycles. The molecule has 0 spiro atoms. The summed E-state index contributed by atoms with van der Waals surface area (Å²) in [5.41, 5.74) is 5.42. The minimum atomic E-state index is 0.286. The van der Waals surface area contributed by atoms with Crippen LogP contribution in [0, 0.1) is 0 Å². The number of nitrogens with zero attached hydrogens (tertiary/aromatic N) is 2. The van der Waals surface area contributed by atoms with E-state index in [-0.39, 0.29) is 6.04 Å². The minimum Gasteiger partial charge on any atom is -0.339 e. The highest BCUT2D eigenvalue weighted by Gasteiger charge is 2.19. The van der Waals surface area contributed by atoms with Crippen molar-refractivity contribution in [2.24, 2.45) is 5.73 Å². The molecule has 0 amide bonds. The number of rotatable bonds is 4. The molecule has 1 aromatic rings. The van der Waals surface area contributed by atoms with Crippen LogP contribution in [-0.2, 0) is 6.42 Å². The summed E-state index contributed by atoms with van der Waals surface area (Å²) in [4.78, 5) is 4.38. The number of nitrogens with one attached hydrogen (secondary N) is 1. The smallest absolute Gasteiger partial charge is 0.226 e. The lowest BCUT2D eigenvalue weighted by molar-refractivity contribution is 0.347. The van der Waals surface area contributed by atoms with Gasteiger partial charge in [-0.25, -0.2) is 0 Å². The third kappa shape index (κ3) is 2.76. The maximum absolute atomic E-state index is 5.42. The van der Waals surface area contributed by atoms with Crippen LogP contribution in [0.25, 0.3) is 0 Å². The van der Waals surface area contributed by atoms with E-state index in [0.717, 1.165) is 31.6 Å². The van der Waals surface area contributed by atoms with Gasteiger partial charge in [0.1, 0.15) is 0 Å². The van der Waals surface area contributed by atoms with Crippen molar-refractivity contribution in [2.75, 3.05) is 13.1 Å². The van der Waals surface area contributed by atoms with Crippen LogP contribution in [0.4, 0.5) is 0 Å². The molecule has 0 radical (unpaired) electrons. The monoisotopic (exact) mass is 210 g/mol. The molecule has 2 heterocycles. The lowest BCUT2D eigenvalue weighted by Gasteiger charge is -2.19. The average molecular weight is 210 g/mol. The van der Waals surface area contributed by atoms with Crippen molar-refractivity contribution in [3.8, 4) is 0 Å². The Morgan fingerprint density at radius 1 is 1.47 bits per heavy atom. The Bertz CT molecular complexity index is 293. The standard InChI is InChI=1S/C10H18N4O/c11-6-3-5-9-13-10(14-15-9)8-4-1-2-7-12-8/h8,12H,1-7,11H2. The Hall–Kier alpha value is -0.940. The van der Waals surface area contributed by atoms with Gasteiger partial charge in [-0.05, 0) is 32.4 Å². The lowest BCUT2D eigenvalue weighted by Crippen LogP contribution is -2.27. The highest BCUT2D eigenvalue weighted by molar-refractivity contribution is 4.95. The fourth-order valence-corrected chi connectivity index (χ4v) is 1.84. The fourth-order valence-electron chi connectivity index (χ4n) is 1.84. The summed E-state index contributed by atoms with van der Waals surface area (Å²) in [5, 5.41) is 7.40. The zero-order valence-corrected chi connectivity index (χ0v) is 8.91. The van der Waals surface area contributed by atoms with Crippen LogP contribution in [0.1, 0.15) is 43.4 Å². The third-order valence-corrected chi connectivity index (χ3v) is 2.70. The van der Waals surface area contributed by atoms with E-state index in [2.05, 4.69) is 15.5 Å². The molecule has 0 saturated carbocycles. The highest BCUT2D eigenvalue weighted by Crippen LogP contribution is 2.20. The molecule has 1 aromatic heterocycles. The van der Waals surface area contributed by atoms with Crippen molar-refractivity contribution in [1.82, 2.24) is 15.5 Å². The first-order chi connectivity index (χ1) is 7.40. The molecule has 0 bridgehead atoms. The van der Waals surface area contributed by atoms with Crippen LogP contribution in [0.3, 0.4) is 0 Å². The summed E-state index contributed by atoms with van der Waals surface area (Å²) < 4.78 is 5.16. The van der Waals surface area contributed by atoms with Crippen molar-refractivity contribution >= 4 is 0 Å². The number of aryl methyl sites for hydroxylation is 1. The summed E-state index contributed by atoms with van der Waals surface area (Å²) in [6.07, 6.45) is 5.28. The molecule has 84 valence electrons. The van der Waals surface area contributed by atoms with Crippen LogP contribution < -0.4 is 11.1 Å². The second kappa shape index (κ2) is 5.23. The highest BCUT2D eigenvalue weighted by atomic mass is 16.5. The molecular formula is C10H18N4O. The van der Waals surface area contributed by atoms with E-state index in [1.165, 1.54) is 12.8 Å². The van der Waals surface area contributed by atoms with Gasteiger partial charge in [-0.1, -0.05) is 11.6 Å². The zero-order valence-electron chi connectivity index (χ0n) is 8.91. The molecular weight excluding hydrogens is 192 g/mol. The van der Waals surface area contributed by atoms with Gasteiger partial charge in [0, 0.05) is 6.42 Å². The Morgan fingerprint density at radius 3 is 3.13 bits per heavy atom. The van der Waals surface area contributed by atoms with E-state index < -0.39 is 0 Å². The molecule has 1 aliphatic heterocycles. The Morgan fingerprint density at radius 2 is 2.40 bits per heavy atom. The fraction of sp³-hybridized carbons (Fsp3) is 0.800. The van der Waals surface area contributed by atoms with E-state index in [1.807, 2.05) is 0 Å². The zero-order chi connectivity index (χ0) is 10.5. The number of piperidine rings is 1. The van der Waals surface area contributed by atoms with Crippen LogP contribution in [0.2, 0.25) is 0 Å². The van der Waals surface area contributed by atoms with E-state index >= 15 is 0 Å². The van der Waals surface area contributed by atoms with Crippen LogP contribution in [0.15, 0.2) is 4.52 Å². The SMILES string of the molecule is NCCCc1nc(C2CCCCN2)no1. The van der Waals surface area contributed by atoms with E-state index in [4.69, 9.17) is 10.3 Å². The first-order valence-corrected chi connectivity index (χ1v) is 5.66. The molecule has 5 nitrogen and oxygen atoms in total. The molecule has 15 heavy (non-hydrogen) atoms. The third-order valence-electron chi connectivity index (χ3n) is 2.70. The number of nitrogens with two attached hydrogens (primary N) is 1. The molecule has 1 fully saturated rings. The lowest BCUT2D eigenvalue weighted by atomic mass is 10.0. The van der Waals surface area contributed by atoms with E-state index in [0.29, 0.717) is 12.4 Å². The van der Waals surface area contributed by atoms with Gasteiger partial charge >= 0.3 is 0 Å². The molecule has 1 saturated heterocycles. The number of hydrogen-bond donors (Lipinski definition) is 2. The number of aromatic nitrogens is 2. The average Bonchev–Trinajstić information content (AvgIpc) is 2.76. The van der Waals surface area contributed by atoms with Gasteiger partial charge in [-0.2, -0.15) is 4.98 Å². The van der Waals surface area contributed by atoms with Gasteiger partial charge < -0.3 is 15.6 Å². The molecule has 2 rings (SSSR count). The topological polar surface area (TPSA) is 77.0 Å². The summed E-state index contributed by atoms with van der Waals surface area (Å²) in [6.45, 7) is 1.72. The molecule has 1 unspecified atom stereocenters. The minimum absolute atomic E-state index is 0.286. The normalized spacial score (nSPS) is 21.8. The van der Waals surface area contributed by atoms with Crippen LogP contribution in [-0.4, -0.2) is 23.2 Å². The maximum Gasteiger partial charge on any atom is 0.226 e. The van der Waals surface area contributed by atoms with Crippen molar-refractivity contribution in [3.05, 3.63) is 11.7 Å². The van der Waals surface area contributed by atoms with Crippen molar-refractivity contribution < 1.29 is 4.52 Å². The van der Waals surface area contributed by atoms with Crippen LogP contribution >= 0.6 is 0 Å². The van der Waals surface area contributed by atoms with Gasteiger partial charge in [0.15, 0.2) is 5.82 Å². The first-order valence-electron chi connectivity index (χ1n) is 5.66. The van der Waals surface area contributed by atoms with E-state index in [9.17, 15) is 0 Å². The summed E-state index contributed by atoms with van der Waals surface area (Å²) in [7, 11) is 0. The summed E-state index contributed by atoms with van der Waals surface area (Å²) in [5.74, 6) is 1.52. The molecule has 0 aliphatic carbocycles. The Balaban J connectivity index is 1.93. The predicted octanol–water partition coefficient (Wildman–Crippen LogP) is 0.776.